The lowest BCUT2D eigenvalue weighted by Crippen LogP contribution is -2.23. The smallest absolute Gasteiger partial charge is 0.139 e. The molecule has 3 nitrogen and oxygen atoms in total. The lowest BCUT2D eigenvalue weighted by Gasteiger charge is -2.08. The number of nitrogens with one attached hydrogen (secondary N) is 1. The molecule has 96 valence electrons. The van der Waals surface area contributed by atoms with E-state index in [0.29, 0.717) is 11.1 Å². The molecule has 0 spiro atoms. The molecular formula is C13H21ClN2O. The van der Waals surface area contributed by atoms with Crippen LogP contribution in [0.5, 0.6) is 5.75 Å². The zero-order valence-corrected chi connectivity index (χ0v) is 11.3. The fourth-order valence-electron chi connectivity index (χ4n) is 1.46. The average molecular weight is 257 g/mol. The highest BCUT2D eigenvalue weighted by Gasteiger charge is 1.96. The predicted molar refractivity (Wildman–Crippen MR) is 71.7 cm³/mol. The van der Waals surface area contributed by atoms with Crippen LogP contribution in [-0.4, -0.2) is 24.2 Å². The Morgan fingerprint density at radius 1 is 1.29 bits per heavy atom. The van der Waals surface area contributed by atoms with Gasteiger partial charge in [0, 0.05) is 18.3 Å². The van der Waals surface area contributed by atoms with Gasteiger partial charge in [-0.1, -0.05) is 25.4 Å². The van der Waals surface area contributed by atoms with Gasteiger partial charge in [0.2, 0.25) is 0 Å². The molecule has 1 aromatic heterocycles. The van der Waals surface area contributed by atoms with E-state index in [1.54, 1.807) is 18.5 Å². The molecule has 0 bridgehead atoms. The first-order valence-electron chi connectivity index (χ1n) is 6.15. The summed E-state index contributed by atoms with van der Waals surface area (Å²) in [6, 6.07) is 2.36. The molecule has 1 heterocycles. The molecule has 0 amide bonds. The molecule has 1 N–H and O–H groups in total. The Kier molecular flexibility index (Phi) is 6.97. The summed E-state index contributed by atoms with van der Waals surface area (Å²) in [4.78, 5) is 3.96. The number of nitrogens with zero attached hydrogens (tertiary/aromatic N) is 1. The Bertz CT molecular complexity index is 318. The van der Waals surface area contributed by atoms with Crippen molar-refractivity contribution in [1.29, 1.82) is 0 Å². The maximum atomic E-state index is 5.81. The molecule has 0 saturated heterocycles. The summed E-state index contributed by atoms with van der Waals surface area (Å²) in [5, 5.41) is 4.01. The van der Waals surface area contributed by atoms with Gasteiger partial charge in [-0.2, -0.15) is 0 Å². The van der Waals surface area contributed by atoms with E-state index < -0.39 is 0 Å². The molecular weight excluding hydrogens is 236 g/mol. The van der Waals surface area contributed by atoms with Gasteiger partial charge < -0.3 is 10.1 Å². The third-order valence-electron chi connectivity index (χ3n) is 2.32. The van der Waals surface area contributed by atoms with Gasteiger partial charge in [0.15, 0.2) is 0 Å². The van der Waals surface area contributed by atoms with Crippen LogP contribution in [0.15, 0.2) is 18.5 Å². The normalized spacial score (nSPS) is 10.8. The summed E-state index contributed by atoms with van der Waals surface area (Å²) in [6.07, 6.45) is 6.72. The van der Waals surface area contributed by atoms with Gasteiger partial charge in [-0.25, -0.2) is 0 Å². The molecule has 4 heteroatoms. The molecule has 0 saturated carbocycles. The molecule has 0 unspecified atom stereocenters. The second-order valence-corrected chi connectivity index (χ2v) is 4.79. The van der Waals surface area contributed by atoms with Crippen LogP contribution in [0.1, 0.15) is 33.1 Å². The van der Waals surface area contributed by atoms with Crippen molar-refractivity contribution in [1.82, 2.24) is 10.3 Å². The van der Waals surface area contributed by atoms with Crippen LogP contribution in [0, 0.1) is 0 Å². The van der Waals surface area contributed by atoms with Crippen LogP contribution in [-0.2, 0) is 0 Å². The zero-order chi connectivity index (χ0) is 12.5. The third kappa shape index (κ3) is 7.18. The standard InChI is InChI=1S/C13H21ClN2O/c1-11(2)16-6-4-3-5-7-17-13-8-12(14)9-15-10-13/h8-11,16H,3-7H2,1-2H3. The van der Waals surface area contributed by atoms with Crippen molar-refractivity contribution in [2.75, 3.05) is 13.2 Å². The fourth-order valence-corrected chi connectivity index (χ4v) is 1.62. The third-order valence-corrected chi connectivity index (χ3v) is 2.53. The van der Waals surface area contributed by atoms with Gasteiger partial charge in [0.1, 0.15) is 5.75 Å². The summed E-state index contributed by atoms with van der Waals surface area (Å²) in [7, 11) is 0. The Hall–Kier alpha value is -0.800. The predicted octanol–water partition coefficient (Wildman–Crippen LogP) is 3.28. The van der Waals surface area contributed by atoms with Gasteiger partial charge in [-0.05, 0) is 25.8 Å². The molecule has 1 aromatic rings. The number of hydrogen-bond donors (Lipinski definition) is 1. The minimum atomic E-state index is 0.573. The summed E-state index contributed by atoms with van der Waals surface area (Å²) in [6.45, 7) is 6.13. The van der Waals surface area contributed by atoms with Crippen LogP contribution >= 0.6 is 11.6 Å². The van der Waals surface area contributed by atoms with Gasteiger partial charge in [-0.3, -0.25) is 4.98 Å². The van der Waals surface area contributed by atoms with Gasteiger partial charge in [0.05, 0.1) is 17.8 Å². The van der Waals surface area contributed by atoms with E-state index in [1.807, 2.05) is 0 Å². The fraction of sp³-hybridized carbons (Fsp3) is 0.615. The number of hydrogen-bond acceptors (Lipinski definition) is 3. The van der Waals surface area contributed by atoms with Crippen LogP contribution in [0.3, 0.4) is 0 Å². The van der Waals surface area contributed by atoms with E-state index in [4.69, 9.17) is 16.3 Å². The first kappa shape index (κ1) is 14.3. The highest BCUT2D eigenvalue weighted by atomic mass is 35.5. The largest absolute Gasteiger partial charge is 0.492 e. The molecule has 0 radical (unpaired) electrons. The Labute approximate surface area is 109 Å². The number of ether oxygens (including phenoxy) is 1. The van der Waals surface area contributed by atoms with E-state index >= 15 is 0 Å². The van der Waals surface area contributed by atoms with Gasteiger partial charge in [0.25, 0.3) is 0 Å². The second-order valence-electron chi connectivity index (χ2n) is 4.36. The number of unbranched alkanes of at least 4 members (excludes halogenated alkanes) is 2. The van der Waals surface area contributed by atoms with Crippen molar-refractivity contribution in [3.05, 3.63) is 23.5 Å². The number of pyridine rings is 1. The lowest BCUT2D eigenvalue weighted by molar-refractivity contribution is 0.303. The average Bonchev–Trinajstić information content (AvgIpc) is 2.27. The van der Waals surface area contributed by atoms with Crippen LogP contribution in [0.25, 0.3) is 0 Å². The number of rotatable bonds is 8. The zero-order valence-electron chi connectivity index (χ0n) is 10.6. The Morgan fingerprint density at radius 2 is 2.12 bits per heavy atom. The quantitative estimate of drug-likeness (QED) is 0.725. The van der Waals surface area contributed by atoms with Crippen LogP contribution in [0.2, 0.25) is 5.02 Å². The first-order chi connectivity index (χ1) is 8.18. The molecule has 1 rings (SSSR count). The van der Waals surface area contributed by atoms with Crippen molar-refractivity contribution in [2.24, 2.45) is 0 Å². The van der Waals surface area contributed by atoms with Crippen molar-refractivity contribution in [3.63, 3.8) is 0 Å². The monoisotopic (exact) mass is 256 g/mol. The van der Waals surface area contributed by atoms with E-state index in [9.17, 15) is 0 Å². The van der Waals surface area contributed by atoms with Gasteiger partial charge >= 0.3 is 0 Å². The van der Waals surface area contributed by atoms with Crippen molar-refractivity contribution in [3.8, 4) is 5.75 Å². The maximum absolute atomic E-state index is 5.81. The topological polar surface area (TPSA) is 34.1 Å². The number of halogens is 1. The Balaban J connectivity index is 2.01. The first-order valence-corrected chi connectivity index (χ1v) is 6.53. The molecule has 0 aromatic carbocycles. The summed E-state index contributed by atoms with van der Waals surface area (Å²) in [5.41, 5.74) is 0. The van der Waals surface area contributed by atoms with E-state index in [0.717, 1.165) is 25.3 Å². The van der Waals surface area contributed by atoms with Crippen molar-refractivity contribution < 1.29 is 4.74 Å². The molecule has 0 fully saturated rings. The van der Waals surface area contributed by atoms with E-state index in [2.05, 4.69) is 24.1 Å². The number of aromatic nitrogens is 1. The van der Waals surface area contributed by atoms with E-state index in [1.165, 1.54) is 12.8 Å². The minimum absolute atomic E-state index is 0.573. The summed E-state index contributed by atoms with van der Waals surface area (Å²) in [5.74, 6) is 0.748. The highest BCUT2D eigenvalue weighted by Crippen LogP contribution is 2.15. The molecule has 0 aliphatic rings. The minimum Gasteiger partial charge on any atom is -0.492 e. The second kappa shape index (κ2) is 8.31. The molecule has 0 aliphatic carbocycles. The van der Waals surface area contributed by atoms with Crippen LogP contribution in [0.4, 0.5) is 0 Å². The summed E-state index contributed by atoms with van der Waals surface area (Å²) >= 11 is 5.81. The molecule has 17 heavy (non-hydrogen) atoms. The van der Waals surface area contributed by atoms with E-state index in [-0.39, 0.29) is 0 Å². The molecule has 0 aliphatic heterocycles. The van der Waals surface area contributed by atoms with Gasteiger partial charge in [-0.15, -0.1) is 0 Å². The Morgan fingerprint density at radius 3 is 2.82 bits per heavy atom. The highest BCUT2D eigenvalue weighted by molar-refractivity contribution is 6.30. The SMILES string of the molecule is CC(C)NCCCCCOc1cncc(Cl)c1. The van der Waals surface area contributed by atoms with Crippen molar-refractivity contribution >= 4 is 11.6 Å². The summed E-state index contributed by atoms with van der Waals surface area (Å²) < 4.78 is 5.55. The lowest BCUT2D eigenvalue weighted by atomic mass is 10.2. The molecule has 0 atom stereocenters. The van der Waals surface area contributed by atoms with Crippen LogP contribution < -0.4 is 10.1 Å². The van der Waals surface area contributed by atoms with Crippen molar-refractivity contribution in [2.45, 2.75) is 39.2 Å². The maximum Gasteiger partial charge on any atom is 0.139 e.